The molecule has 1 rings (SSSR count). The summed E-state index contributed by atoms with van der Waals surface area (Å²) in [5, 5.41) is 0. The monoisotopic (exact) mass is 223 g/mol. The Morgan fingerprint density at radius 3 is 2.00 bits per heavy atom. The van der Waals surface area contributed by atoms with Gasteiger partial charge in [-0.05, 0) is 12.1 Å². The van der Waals surface area contributed by atoms with Crippen molar-refractivity contribution in [3.63, 3.8) is 0 Å². The van der Waals surface area contributed by atoms with Crippen LogP contribution in [0.25, 0.3) is 0 Å². The van der Waals surface area contributed by atoms with E-state index in [2.05, 4.69) is 0 Å². The molecule has 0 spiro atoms. The molecule has 0 bridgehead atoms. The van der Waals surface area contributed by atoms with Crippen LogP contribution < -0.4 is 34.3 Å². The number of hydrogen-bond acceptors (Lipinski definition) is 4. The second kappa shape index (κ2) is 10.6. The first-order valence-corrected chi connectivity index (χ1v) is 4.02. The van der Waals surface area contributed by atoms with Crippen LogP contribution in [0.3, 0.4) is 0 Å². The number of para-hydroxylation sites is 1. The third kappa shape index (κ3) is 9.60. The molecule has 0 fully saturated rings. The summed E-state index contributed by atoms with van der Waals surface area (Å²) >= 11 is -0.750. The molecule has 0 saturated carbocycles. The fraction of sp³-hybridized carbons (Fsp3) is 0.125. The SMILES string of the molecule is CC(=O)Oc1ccccc1.O=S=O.[Na+]. The van der Waals surface area contributed by atoms with Gasteiger partial charge in [-0.15, -0.1) is 0 Å². The van der Waals surface area contributed by atoms with Crippen LogP contribution >= 0.6 is 0 Å². The molecule has 0 aromatic heterocycles. The first kappa shape index (κ1) is 16.0. The number of rotatable bonds is 1. The number of carbonyl (C=O) groups is 1. The second-order valence-corrected chi connectivity index (χ2v) is 2.11. The van der Waals surface area contributed by atoms with Crippen molar-refractivity contribution in [2.45, 2.75) is 6.92 Å². The molecule has 0 heterocycles. The second-order valence-electron chi connectivity index (χ2n) is 1.97. The number of carbonyl (C=O) groups excluding carboxylic acids is 1. The van der Waals surface area contributed by atoms with Crippen molar-refractivity contribution in [3.8, 4) is 5.75 Å². The molecule has 0 atom stereocenters. The van der Waals surface area contributed by atoms with Crippen molar-refractivity contribution >= 4 is 17.5 Å². The van der Waals surface area contributed by atoms with Crippen LogP contribution in [0.4, 0.5) is 0 Å². The maximum absolute atomic E-state index is 10.4. The average Bonchev–Trinajstić information content (AvgIpc) is 2.06. The van der Waals surface area contributed by atoms with Gasteiger partial charge in [0.25, 0.3) is 0 Å². The van der Waals surface area contributed by atoms with E-state index in [0.29, 0.717) is 5.75 Å². The number of benzene rings is 1. The zero-order valence-corrected chi connectivity index (χ0v) is 10.7. The van der Waals surface area contributed by atoms with Crippen LogP contribution in [0, 0.1) is 0 Å². The number of ether oxygens (including phenoxy) is 1. The average molecular weight is 223 g/mol. The first-order valence-electron chi connectivity index (χ1n) is 3.36. The topological polar surface area (TPSA) is 60.4 Å². The predicted octanol–water partition coefficient (Wildman–Crippen LogP) is -2.05. The quantitative estimate of drug-likeness (QED) is 0.312. The van der Waals surface area contributed by atoms with E-state index in [1.54, 1.807) is 12.1 Å². The van der Waals surface area contributed by atoms with E-state index in [0.717, 1.165) is 0 Å². The summed E-state index contributed by atoms with van der Waals surface area (Å²) in [4.78, 5) is 10.4. The van der Waals surface area contributed by atoms with Crippen molar-refractivity contribution < 1.29 is 47.5 Å². The summed E-state index contributed by atoms with van der Waals surface area (Å²) in [5.74, 6) is 0.307. The normalized spacial score (nSPS) is 7.21. The fourth-order valence-corrected chi connectivity index (χ4v) is 0.655. The van der Waals surface area contributed by atoms with Crippen LogP contribution in [0.15, 0.2) is 30.3 Å². The molecule has 0 radical (unpaired) electrons. The van der Waals surface area contributed by atoms with Gasteiger partial charge in [0, 0.05) is 6.92 Å². The van der Waals surface area contributed by atoms with Gasteiger partial charge >= 0.3 is 47.1 Å². The van der Waals surface area contributed by atoms with E-state index in [4.69, 9.17) is 13.2 Å². The Morgan fingerprint density at radius 2 is 1.64 bits per heavy atom. The van der Waals surface area contributed by atoms with Crippen LogP contribution in [-0.4, -0.2) is 14.4 Å². The first-order chi connectivity index (χ1) is 6.20. The maximum Gasteiger partial charge on any atom is 1.00 e. The standard InChI is InChI=1S/C8H8O2.Na.O2S/c1-7(9)10-8-5-3-2-4-6-8;;1-3-2/h2-6H,1H3;;/q;+1;. The van der Waals surface area contributed by atoms with Crippen LogP contribution in [-0.2, 0) is 16.4 Å². The molecule has 70 valence electrons. The Hall–Kier alpha value is -0.490. The van der Waals surface area contributed by atoms with Crippen molar-refractivity contribution in [1.82, 2.24) is 0 Å². The van der Waals surface area contributed by atoms with Gasteiger partial charge in [0.15, 0.2) is 0 Å². The zero-order chi connectivity index (χ0) is 10.1. The van der Waals surface area contributed by atoms with Gasteiger partial charge in [0.05, 0.1) is 0 Å². The predicted molar refractivity (Wildman–Crippen MR) is 46.7 cm³/mol. The molecule has 0 aliphatic heterocycles. The van der Waals surface area contributed by atoms with E-state index < -0.39 is 11.6 Å². The summed E-state index contributed by atoms with van der Waals surface area (Å²) in [5.41, 5.74) is 0. The smallest absolute Gasteiger partial charge is 0.427 e. The third-order valence-electron chi connectivity index (χ3n) is 1.00. The van der Waals surface area contributed by atoms with Gasteiger partial charge in [0.1, 0.15) is 5.75 Å². The molecule has 14 heavy (non-hydrogen) atoms. The van der Waals surface area contributed by atoms with Crippen molar-refractivity contribution in [3.05, 3.63) is 30.3 Å². The van der Waals surface area contributed by atoms with Crippen LogP contribution in [0.2, 0.25) is 0 Å². The zero-order valence-electron chi connectivity index (χ0n) is 7.93. The Balaban J connectivity index is 0. The molecule has 0 saturated heterocycles. The van der Waals surface area contributed by atoms with Gasteiger partial charge in [-0.25, -0.2) is 0 Å². The molecular weight excluding hydrogens is 215 g/mol. The summed E-state index contributed by atoms with van der Waals surface area (Å²) in [6.07, 6.45) is 0. The van der Waals surface area contributed by atoms with E-state index in [1.807, 2.05) is 18.2 Å². The minimum Gasteiger partial charge on any atom is -0.427 e. The van der Waals surface area contributed by atoms with Gasteiger partial charge in [0.2, 0.25) is 0 Å². The summed E-state index contributed by atoms with van der Waals surface area (Å²) in [6.45, 7) is 1.38. The number of esters is 1. The fourth-order valence-electron chi connectivity index (χ4n) is 0.655. The van der Waals surface area contributed by atoms with E-state index in [1.165, 1.54) is 6.92 Å². The molecule has 6 heteroatoms. The van der Waals surface area contributed by atoms with Gasteiger partial charge in [-0.3, -0.25) is 4.79 Å². The van der Waals surface area contributed by atoms with Gasteiger partial charge < -0.3 is 4.74 Å². The molecule has 0 aliphatic rings. The summed E-state index contributed by atoms with van der Waals surface area (Å²) < 4.78 is 21.4. The molecule has 1 aromatic rings. The molecule has 0 N–H and O–H groups in total. The van der Waals surface area contributed by atoms with E-state index in [-0.39, 0.29) is 35.5 Å². The Kier molecular flexibility index (Phi) is 12.1. The Bertz CT molecular complexity index is 295. The van der Waals surface area contributed by atoms with Crippen LogP contribution in [0.5, 0.6) is 5.75 Å². The third-order valence-corrected chi connectivity index (χ3v) is 1.00. The van der Waals surface area contributed by atoms with Gasteiger partial charge in [-0.1, -0.05) is 18.2 Å². The Labute approximate surface area is 108 Å². The molecule has 0 aliphatic carbocycles. The maximum atomic E-state index is 10.4. The molecule has 0 unspecified atom stereocenters. The number of hydrogen-bond donors (Lipinski definition) is 0. The van der Waals surface area contributed by atoms with E-state index in [9.17, 15) is 4.79 Å². The van der Waals surface area contributed by atoms with Crippen molar-refractivity contribution in [2.75, 3.05) is 0 Å². The largest absolute Gasteiger partial charge is 1.00 e. The van der Waals surface area contributed by atoms with Crippen LogP contribution in [0.1, 0.15) is 6.92 Å². The van der Waals surface area contributed by atoms with Gasteiger partial charge in [-0.2, -0.15) is 8.42 Å². The Morgan fingerprint density at radius 1 is 1.21 bits per heavy atom. The van der Waals surface area contributed by atoms with E-state index >= 15 is 0 Å². The molecular formula is C8H8NaO4S+. The van der Waals surface area contributed by atoms with Crippen molar-refractivity contribution in [1.29, 1.82) is 0 Å². The minimum absolute atomic E-state index is 0. The molecule has 0 amide bonds. The molecule has 1 aromatic carbocycles. The summed E-state index contributed by atoms with van der Waals surface area (Å²) in [6, 6.07) is 8.98. The minimum atomic E-state index is -0.750. The van der Waals surface area contributed by atoms with Crippen molar-refractivity contribution in [2.24, 2.45) is 0 Å². The summed E-state index contributed by atoms with van der Waals surface area (Å²) in [7, 11) is 0. The molecule has 4 nitrogen and oxygen atoms in total.